The van der Waals surface area contributed by atoms with Crippen LogP contribution >= 0.6 is 0 Å². The zero-order chi connectivity index (χ0) is 9.68. The minimum Gasteiger partial charge on any atom is -0.329 e. The largest absolute Gasteiger partial charge is 0.329 e. The van der Waals surface area contributed by atoms with Gasteiger partial charge in [-0.3, -0.25) is 4.90 Å². The third kappa shape index (κ3) is 3.25. The van der Waals surface area contributed by atoms with Crippen molar-refractivity contribution in [1.29, 1.82) is 0 Å². The van der Waals surface area contributed by atoms with Crippen LogP contribution in [0.1, 0.15) is 20.3 Å². The van der Waals surface area contributed by atoms with E-state index in [4.69, 9.17) is 5.73 Å². The molecule has 2 atom stereocenters. The quantitative estimate of drug-likeness (QED) is 0.660. The Bertz CT molecular complexity index is 138. The third-order valence-electron chi connectivity index (χ3n) is 2.99. The van der Waals surface area contributed by atoms with E-state index in [0.29, 0.717) is 6.04 Å². The monoisotopic (exact) mass is 185 g/mol. The highest BCUT2D eigenvalue weighted by Gasteiger charge is 2.21. The van der Waals surface area contributed by atoms with E-state index in [9.17, 15) is 0 Å². The molecule has 3 N–H and O–H groups in total. The van der Waals surface area contributed by atoms with Crippen LogP contribution in [0.15, 0.2) is 0 Å². The smallest absolute Gasteiger partial charge is 0.0343 e. The second-order valence-corrected chi connectivity index (χ2v) is 4.10. The lowest BCUT2D eigenvalue weighted by Gasteiger charge is -2.36. The van der Waals surface area contributed by atoms with Crippen molar-refractivity contribution < 1.29 is 0 Å². The predicted octanol–water partition coefficient (Wildman–Crippen LogP) is 0.265. The minimum absolute atomic E-state index is 0.558. The fourth-order valence-corrected chi connectivity index (χ4v) is 1.81. The molecule has 3 heteroatoms. The molecule has 2 unspecified atom stereocenters. The van der Waals surface area contributed by atoms with E-state index in [2.05, 4.69) is 24.1 Å². The second kappa shape index (κ2) is 5.58. The lowest BCUT2D eigenvalue weighted by Crippen LogP contribution is -2.55. The molecule has 0 saturated carbocycles. The zero-order valence-electron chi connectivity index (χ0n) is 8.92. The molecule has 1 heterocycles. The van der Waals surface area contributed by atoms with Crippen molar-refractivity contribution in [2.75, 3.05) is 32.7 Å². The molecule has 1 fully saturated rings. The highest BCUT2D eigenvalue weighted by atomic mass is 15.2. The van der Waals surface area contributed by atoms with Crippen LogP contribution in [-0.2, 0) is 0 Å². The van der Waals surface area contributed by atoms with Gasteiger partial charge in [0.1, 0.15) is 0 Å². The molecule has 0 aromatic heterocycles. The summed E-state index contributed by atoms with van der Waals surface area (Å²) in [6.45, 7) is 9.90. The van der Waals surface area contributed by atoms with Crippen LogP contribution in [0.2, 0.25) is 0 Å². The van der Waals surface area contributed by atoms with Crippen molar-refractivity contribution in [2.45, 2.75) is 26.3 Å². The Labute approximate surface area is 81.7 Å². The summed E-state index contributed by atoms with van der Waals surface area (Å²) in [6, 6.07) is 0.558. The van der Waals surface area contributed by atoms with Gasteiger partial charge in [0.15, 0.2) is 0 Å². The van der Waals surface area contributed by atoms with Crippen LogP contribution in [0.4, 0.5) is 0 Å². The standard InChI is InChI=1S/C10H23N3/c1-3-9(2)8-13-5-4-12-7-10(13)6-11/h9-10,12H,3-8,11H2,1-2H3. The van der Waals surface area contributed by atoms with Crippen molar-refractivity contribution in [3.05, 3.63) is 0 Å². The molecule has 0 aromatic rings. The molecule has 78 valence electrons. The lowest BCUT2D eigenvalue weighted by molar-refractivity contribution is 0.143. The SMILES string of the molecule is CCC(C)CN1CCNCC1CN. The van der Waals surface area contributed by atoms with Gasteiger partial charge in [0, 0.05) is 38.8 Å². The van der Waals surface area contributed by atoms with Gasteiger partial charge >= 0.3 is 0 Å². The molecule has 0 aromatic carbocycles. The number of hydrogen-bond donors (Lipinski definition) is 2. The summed E-state index contributed by atoms with van der Waals surface area (Å²) in [7, 11) is 0. The first kappa shape index (κ1) is 11.0. The van der Waals surface area contributed by atoms with E-state index in [-0.39, 0.29) is 0 Å². The molecule has 0 aliphatic carbocycles. The Balaban J connectivity index is 2.35. The van der Waals surface area contributed by atoms with Crippen LogP contribution in [0.3, 0.4) is 0 Å². The van der Waals surface area contributed by atoms with Gasteiger partial charge in [0.2, 0.25) is 0 Å². The first-order valence-electron chi connectivity index (χ1n) is 5.42. The summed E-state index contributed by atoms with van der Waals surface area (Å²) in [4.78, 5) is 2.53. The van der Waals surface area contributed by atoms with Crippen molar-refractivity contribution in [2.24, 2.45) is 11.7 Å². The molecule has 1 aliphatic rings. The fourth-order valence-electron chi connectivity index (χ4n) is 1.81. The van der Waals surface area contributed by atoms with E-state index >= 15 is 0 Å². The highest BCUT2D eigenvalue weighted by molar-refractivity contribution is 4.81. The number of hydrogen-bond acceptors (Lipinski definition) is 3. The molecule has 3 nitrogen and oxygen atoms in total. The molecule has 0 spiro atoms. The van der Waals surface area contributed by atoms with Crippen LogP contribution < -0.4 is 11.1 Å². The third-order valence-corrected chi connectivity index (χ3v) is 2.99. The van der Waals surface area contributed by atoms with Crippen molar-refractivity contribution >= 4 is 0 Å². The summed E-state index contributed by atoms with van der Waals surface area (Å²) in [5.41, 5.74) is 5.73. The Kier molecular flexibility index (Phi) is 4.70. The molecule has 1 rings (SSSR count). The van der Waals surface area contributed by atoms with Gasteiger partial charge in [-0.05, 0) is 5.92 Å². The number of rotatable bonds is 4. The Hall–Kier alpha value is -0.120. The molecular weight excluding hydrogens is 162 g/mol. The molecule has 0 bridgehead atoms. The van der Waals surface area contributed by atoms with Gasteiger partial charge in [-0.25, -0.2) is 0 Å². The maximum absolute atomic E-state index is 5.73. The van der Waals surface area contributed by atoms with E-state index in [0.717, 1.165) is 32.1 Å². The van der Waals surface area contributed by atoms with E-state index in [1.165, 1.54) is 13.0 Å². The topological polar surface area (TPSA) is 41.3 Å². The number of piperazine rings is 1. The van der Waals surface area contributed by atoms with Gasteiger partial charge in [0.05, 0.1) is 0 Å². The molecule has 0 radical (unpaired) electrons. The first-order valence-corrected chi connectivity index (χ1v) is 5.42. The Morgan fingerprint density at radius 3 is 3.00 bits per heavy atom. The molecule has 13 heavy (non-hydrogen) atoms. The lowest BCUT2D eigenvalue weighted by atomic mass is 10.1. The van der Waals surface area contributed by atoms with Gasteiger partial charge in [-0.2, -0.15) is 0 Å². The predicted molar refractivity (Wildman–Crippen MR) is 56.7 cm³/mol. The molecule has 1 saturated heterocycles. The van der Waals surface area contributed by atoms with Crippen LogP contribution in [-0.4, -0.2) is 43.7 Å². The average molecular weight is 185 g/mol. The molecule has 0 amide bonds. The van der Waals surface area contributed by atoms with Crippen LogP contribution in [0, 0.1) is 5.92 Å². The van der Waals surface area contributed by atoms with Crippen molar-refractivity contribution in [3.8, 4) is 0 Å². The van der Waals surface area contributed by atoms with Crippen LogP contribution in [0.25, 0.3) is 0 Å². The maximum atomic E-state index is 5.73. The zero-order valence-corrected chi connectivity index (χ0v) is 8.92. The number of nitrogens with two attached hydrogens (primary N) is 1. The summed E-state index contributed by atoms with van der Waals surface area (Å²) in [5, 5.41) is 3.39. The van der Waals surface area contributed by atoms with Gasteiger partial charge in [-0.15, -0.1) is 0 Å². The number of nitrogens with zero attached hydrogens (tertiary/aromatic N) is 1. The maximum Gasteiger partial charge on any atom is 0.0343 e. The molecule has 1 aliphatic heterocycles. The van der Waals surface area contributed by atoms with Crippen LogP contribution in [0.5, 0.6) is 0 Å². The van der Waals surface area contributed by atoms with Crippen molar-refractivity contribution in [1.82, 2.24) is 10.2 Å². The fraction of sp³-hybridized carbons (Fsp3) is 1.00. The summed E-state index contributed by atoms with van der Waals surface area (Å²) in [5.74, 6) is 0.798. The highest BCUT2D eigenvalue weighted by Crippen LogP contribution is 2.08. The second-order valence-electron chi connectivity index (χ2n) is 4.10. The summed E-state index contributed by atoms with van der Waals surface area (Å²) < 4.78 is 0. The average Bonchev–Trinajstić information content (AvgIpc) is 2.18. The summed E-state index contributed by atoms with van der Waals surface area (Å²) in [6.07, 6.45) is 1.27. The van der Waals surface area contributed by atoms with E-state index in [1.807, 2.05) is 0 Å². The minimum atomic E-state index is 0.558. The number of nitrogens with one attached hydrogen (secondary N) is 1. The normalized spacial score (nSPS) is 27.5. The van der Waals surface area contributed by atoms with E-state index < -0.39 is 0 Å². The summed E-state index contributed by atoms with van der Waals surface area (Å²) >= 11 is 0. The van der Waals surface area contributed by atoms with Gasteiger partial charge < -0.3 is 11.1 Å². The Morgan fingerprint density at radius 1 is 1.62 bits per heavy atom. The van der Waals surface area contributed by atoms with Gasteiger partial charge in [0.25, 0.3) is 0 Å². The van der Waals surface area contributed by atoms with E-state index in [1.54, 1.807) is 0 Å². The molecular formula is C10H23N3. The van der Waals surface area contributed by atoms with Crippen molar-refractivity contribution in [3.63, 3.8) is 0 Å². The first-order chi connectivity index (χ1) is 6.27. The Morgan fingerprint density at radius 2 is 2.38 bits per heavy atom. The van der Waals surface area contributed by atoms with Gasteiger partial charge in [-0.1, -0.05) is 20.3 Å².